The summed E-state index contributed by atoms with van der Waals surface area (Å²) in [5.41, 5.74) is 2.55. The predicted molar refractivity (Wildman–Crippen MR) is 141 cm³/mol. The molecule has 0 N–H and O–H groups in total. The summed E-state index contributed by atoms with van der Waals surface area (Å²) in [6, 6.07) is 8.25. The van der Waals surface area contributed by atoms with Gasteiger partial charge < -0.3 is 9.64 Å². The summed E-state index contributed by atoms with van der Waals surface area (Å²) in [5.74, 6) is -0.654. The third-order valence-corrected chi connectivity index (χ3v) is 6.99. The number of aryl methyl sites for hydroxylation is 2. The summed E-state index contributed by atoms with van der Waals surface area (Å²) in [6.07, 6.45) is 3.30. The lowest BCUT2D eigenvalue weighted by Gasteiger charge is -2.37. The van der Waals surface area contributed by atoms with E-state index in [1.807, 2.05) is 6.92 Å². The van der Waals surface area contributed by atoms with E-state index in [-0.39, 0.29) is 34.8 Å². The van der Waals surface area contributed by atoms with E-state index in [1.165, 1.54) is 17.6 Å². The maximum atomic E-state index is 14.0. The molecule has 1 aromatic carbocycles. The molecule has 0 spiro atoms. The Kier molecular flexibility index (Phi) is 7.14. The van der Waals surface area contributed by atoms with Crippen LogP contribution in [0, 0.1) is 25.5 Å². The molecule has 3 aromatic heterocycles. The van der Waals surface area contributed by atoms with Crippen molar-refractivity contribution in [2.75, 3.05) is 13.1 Å². The Morgan fingerprint density at radius 1 is 1.10 bits per heavy atom. The monoisotopic (exact) mass is 551 g/mol. The summed E-state index contributed by atoms with van der Waals surface area (Å²) in [6.45, 7) is 5.99. The van der Waals surface area contributed by atoms with Crippen molar-refractivity contribution < 1.29 is 18.3 Å². The molecule has 1 saturated heterocycles. The second-order valence-electron chi connectivity index (χ2n) is 9.41. The maximum Gasteiger partial charge on any atom is 0.277 e. The van der Waals surface area contributed by atoms with Crippen molar-refractivity contribution in [3.05, 3.63) is 98.4 Å². The first-order valence-electron chi connectivity index (χ1n) is 12.2. The molecular weight excluding hydrogens is 528 g/mol. The van der Waals surface area contributed by atoms with Gasteiger partial charge in [-0.1, -0.05) is 11.6 Å². The molecule has 0 unspecified atom stereocenters. The average molecular weight is 552 g/mol. The Balaban J connectivity index is 1.44. The second kappa shape index (κ2) is 10.5. The molecule has 200 valence electrons. The predicted octanol–water partition coefficient (Wildman–Crippen LogP) is 4.76. The highest BCUT2D eigenvalue weighted by atomic mass is 35.5. The lowest BCUT2D eigenvalue weighted by Crippen LogP contribution is -2.48. The largest absolute Gasteiger partial charge is 0.487 e. The number of hydrogen-bond donors (Lipinski definition) is 0. The minimum absolute atomic E-state index is 0.0192. The van der Waals surface area contributed by atoms with Crippen LogP contribution in [-0.2, 0) is 11.4 Å². The molecule has 0 aliphatic carbocycles. The SMILES string of the molecule is CC(=O)N1CC(c2nccc(-c3cc(-n4c(C)cc(OCc5ccc(F)cc5F)c(Cl)c4=O)c(C)cn3)n2)C1. The lowest BCUT2D eigenvalue weighted by atomic mass is 9.99. The molecule has 1 aliphatic heterocycles. The van der Waals surface area contributed by atoms with Crippen LogP contribution in [0.1, 0.15) is 35.5 Å². The van der Waals surface area contributed by atoms with Crippen molar-refractivity contribution in [1.29, 1.82) is 0 Å². The van der Waals surface area contributed by atoms with Gasteiger partial charge in [-0.05, 0) is 43.7 Å². The van der Waals surface area contributed by atoms with Gasteiger partial charge in [0.2, 0.25) is 5.91 Å². The number of likely N-dealkylation sites (tertiary alicyclic amines) is 1. The molecule has 0 radical (unpaired) electrons. The van der Waals surface area contributed by atoms with E-state index in [4.69, 9.17) is 16.3 Å². The normalized spacial score (nSPS) is 13.3. The van der Waals surface area contributed by atoms with Gasteiger partial charge in [-0.2, -0.15) is 0 Å². The molecule has 4 heterocycles. The number of benzene rings is 1. The van der Waals surface area contributed by atoms with E-state index >= 15 is 0 Å². The van der Waals surface area contributed by atoms with Gasteiger partial charge in [-0.25, -0.2) is 18.7 Å². The number of aromatic nitrogens is 4. The van der Waals surface area contributed by atoms with E-state index in [0.29, 0.717) is 41.7 Å². The van der Waals surface area contributed by atoms with Crippen molar-refractivity contribution >= 4 is 17.5 Å². The number of nitrogens with zero attached hydrogens (tertiary/aromatic N) is 5. The topological polar surface area (TPSA) is 90.2 Å². The molecule has 0 atom stereocenters. The first-order chi connectivity index (χ1) is 18.6. The standard InChI is InChI=1S/C28H24ClF2N5O3/c1-15-11-33-23(22-6-7-32-27(34-22)19-12-35(13-19)17(3)37)10-24(15)36-16(2)8-25(26(29)28(36)38)39-14-18-4-5-20(30)9-21(18)31/h4-11,19H,12-14H2,1-3H3. The Morgan fingerprint density at radius 2 is 1.87 bits per heavy atom. The summed E-state index contributed by atoms with van der Waals surface area (Å²) < 4.78 is 34.3. The molecule has 11 heteroatoms. The molecule has 8 nitrogen and oxygen atoms in total. The highest BCUT2D eigenvalue weighted by Gasteiger charge is 2.32. The molecule has 1 fully saturated rings. The third kappa shape index (κ3) is 5.24. The van der Waals surface area contributed by atoms with Crippen molar-refractivity contribution in [2.45, 2.75) is 33.3 Å². The lowest BCUT2D eigenvalue weighted by molar-refractivity contribution is -0.133. The number of carbonyl (C=O) groups is 1. The van der Waals surface area contributed by atoms with E-state index in [2.05, 4.69) is 15.0 Å². The number of pyridine rings is 2. The van der Waals surface area contributed by atoms with Crippen LogP contribution in [0.4, 0.5) is 8.78 Å². The van der Waals surface area contributed by atoms with E-state index in [1.54, 1.807) is 42.4 Å². The van der Waals surface area contributed by atoms with Gasteiger partial charge in [0.25, 0.3) is 5.56 Å². The van der Waals surface area contributed by atoms with Gasteiger partial charge in [-0.3, -0.25) is 19.1 Å². The number of hydrogen-bond acceptors (Lipinski definition) is 6. The first kappa shape index (κ1) is 26.4. The van der Waals surface area contributed by atoms with Gasteiger partial charge in [0.05, 0.1) is 23.0 Å². The van der Waals surface area contributed by atoms with Crippen LogP contribution in [0.5, 0.6) is 5.75 Å². The van der Waals surface area contributed by atoms with Gasteiger partial charge in [-0.15, -0.1) is 0 Å². The highest BCUT2D eigenvalue weighted by molar-refractivity contribution is 6.31. The van der Waals surface area contributed by atoms with Crippen LogP contribution < -0.4 is 10.3 Å². The molecule has 5 rings (SSSR count). The molecule has 39 heavy (non-hydrogen) atoms. The first-order valence-corrected chi connectivity index (χ1v) is 12.5. The zero-order valence-electron chi connectivity index (χ0n) is 21.4. The van der Waals surface area contributed by atoms with Crippen molar-refractivity contribution in [2.24, 2.45) is 0 Å². The fourth-order valence-corrected chi connectivity index (χ4v) is 4.58. The van der Waals surface area contributed by atoms with E-state index in [0.717, 1.165) is 17.7 Å². The number of halogens is 3. The van der Waals surface area contributed by atoms with Gasteiger partial charge >= 0.3 is 0 Å². The number of carbonyl (C=O) groups excluding carboxylic acids is 1. The third-order valence-electron chi connectivity index (χ3n) is 6.64. The Morgan fingerprint density at radius 3 is 2.59 bits per heavy atom. The van der Waals surface area contributed by atoms with Crippen molar-refractivity contribution in [3.63, 3.8) is 0 Å². The van der Waals surface area contributed by atoms with Crippen LogP contribution in [-0.4, -0.2) is 43.4 Å². The minimum Gasteiger partial charge on any atom is -0.487 e. The zero-order chi connectivity index (χ0) is 27.8. The highest BCUT2D eigenvalue weighted by Crippen LogP contribution is 2.29. The Bertz CT molecular complexity index is 1650. The van der Waals surface area contributed by atoms with Crippen molar-refractivity contribution in [1.82, 2.24) is 24.4 Å². The average Bonchev–Trinajstić information content (AvgIpc) is 2.86. The molecule has 1 aliphatic rings. The van der Waals surface area contributed by atoms with Gasteiger partial charge in [0.1, 0.15) is 34.8 Å². The molecule has 4 aromatic rings. The van der Waals surface area contributed by atoms with Crippen LogP contribution in [0.15, 0.2) is 53.6 Å². The van der Waals surface area contributed by atoms with Gasteiger partial charge in [0.15, 0.2) is 0 Å². The Labute approximate surface area is 227 Å². The van der Waals surface area contributed by atoms with Crippen LogP contribution in [0.2, 0.25) is 5.02 Å². The fourth-order valence-electron chi connectivity index (χ4n) is 4.39. The number of ether oxygens (including phenoxy) is 1. The molecular formula is C28H24ClF2N5O3. The van der Waals surface area contributed by atoms with Crippen LogP contribution in [0.25, 0.3) is 17.1 Å². The molecule has 1 amide bonds. The summed E-state index contributed by atoms with van der Waals surface area (Å²) in [5, 5.41) is -0.176. The van der Waals surface area contributed by atoms with Crippen molar-refractivity contribution in [3.8, 4) is 22.8 Å². The summed E-state index contributed by atoms with van der Waals surface area (Å²) in [7, 11) is 0. The Hall–Kier alpha value is -4.18. The van der Waals surface area contributed by atoms with Gasteiger partial charge in [0, 0.05) is 55.8 Å². The summed E-state index contributed by atoms with van der Waals surface area (Å²) in [4.78, 5) is 40.2. The van der Waals surface area contributed by atoms with E-state index < -0.39 is 17.2 Å². The van der Waals surface area contributed by atoms with Crippen LogP contribution in [0.3, 0.4) is 0 Å². The smallest absolute Gasteiger partial charge is 0.277 e. The molecule has 0 saturated carbocycles. The quantitative estimate of drug-likeness (QED) is 0.343. The second-order valence-corrected chi connectivity index (χ2v) is 9.78. The van der Waals surface area contributed by atoms with E-state index in [9.17, 15) is 18.4 Å². The number of rotatable bonds is 6. The summed E-state index contributed by atoms with van der Waals surface area (Å²) >= 11 is 6.40. The molecule has 0 bridgehead atoms. The number of amides is 1. The fraction of sp³-hybridized carbons (Fsp3) is 0.250. The minimum atomic E-state index is -0.752. The zero-order valence-corrected chi connectivity index (χ0v) is 22.2. The van der Waals surface area contributed by atoms with Crippen LogP contribution >= 0.6 is 11.6 Å². The maximum absolute atomic E-state index is 14.0.